The van der Waals surface area contributed by atoms with Gasteiger partial charge in [0, 0.05) is 17.8 Å². The van der Waals surface area contributed by atoms with Crippen LogP contribution in [0.5, 0.6) is 0 Å². The summed E-state index contributed by atoms with van der Waals surface area (Å²) >= 11 is 0. The number of hydrogen-bond acceptors (Lipinski definition) is 4. The van der Waals surface area contributed by atoms with E-state index in [0.717, 1.165) is 34.1 Å². The molecular formula is C13H17N3O. The Bertz CT molecular complexity index is 512. The first-order valence-electron chi connectivity index (χ1n) is 5.68. The molecule has 17 heavy (non-hydrogen) atoms. The molecular weight excluding hydrogens is 214 g/mol. The summed E-state index contributed by atoms with van der Waals surface area (Å²) in [5, 5.41) is 7.30. The predicted octanol–water partition coefficient (Wildman–Crippen LogP) is 2.92. The van der Waals surface area contributed by atoms with Crippen LogP contribution >= 0.6 is 0 Å². The van der Waals surface area contributed by atoms with E-state index in [1.165, 1.54) is 0 Å². The summed E-state index contributed by atoms with van der Waals surface area (Å²) in [6.07, 6.45) is 0. The third kappa shape index (κ3) is 2.46. The number of anilines is 1. The molecule has 4 nitrogen and oxygen atoms in total. The van der Waals surface area contributed by atoms with E-state index in [9.17, 15) is 0 Å². The smallest absolute Gasteiger partial charge is 0.138 e. The highest BCUT2D eigenvalue weighted by atomic mass is 16.5. The third-order valence-electron chi connectivity index (χ3n) is 2.86. The van der Waals surface area contributed by atoms with Gasteiger partial charge in [0.15, 0.2) is 0 Å². The second-order valence-corrected chi connectivity index (χ2v) is 4.24. The monoisotopic (exact) mass is 231 g/mol. The van der Waals surface area contributed by atoms with E-state index in [1.807, 2.05) is 33.8 Å². The molecule has 2 aromatic heterocycles. The van der Waals surface area contributed by atoms with E-state index < -0.39 is 0 Å². The van der Waals surface area contributed by atoms with Gasteiger partial charge in [-0.15, -0.1) is 0 Å². The second-order valence-electron chi connectivity index (χ2n) is 4.24. The van der Waals surface area contributed by atoms with Crippen molar-refractivity contribution in [3.05, 3.63) is 40.5 Å². The normalized spacial score (nSPS) is 10.6. The Kier molecular flexibility index (Phi) is 3.13. The quantitative estimate of drug-likeness (QED) is 0.882. The van der Waals surface area contributed by atoms with Gasteiger partial charge in [0.05, 0.1) is 17.1 Å². The molecule has 1 N–H and O–H groups in total. The van der Waals surface area contributed by atoms with E-state index in [4.69, 9.17) is 4.52 Å². The highest BCUT2D eigenvalue weighted by Gasteiger charge is 2.09. The lowest BCUT2D eigenvalue weighted by molar-refractivity contribution is 0.392. The Hall–Kier alpha value is -1.84. The number of nitrogens with zero attached hydrogens (tertiary/aromatic N) is 2. The maximum Gasteiger partial charge on any atom is 0.138 e. The summed E-state index contributed by atoms with van der Waals surface area (Å²) in [6.45, 7) is 8.59. The van der Waals surface area contributed by atoms with E-state index in [-0.39, 0.29) is 0 Å². The van der Waals surface area contributed by atoms with Crippen LogP contribution in [-0.4, -0.2) is 10.1 Å². The van der Waals surface area contributed by atoms with Crippen molar-refractivity contribution in [2.45, 2.75) is 34.2 Å². The largest absolute Gasteiger partial charge is 0.379 e. The average molecular weight is 231 g/mol. The molecule has 0 aliphatic carbocycles. The Morgan fingerprint density at radius 3 is 2.47 bits per heavy atom. The van der Waals surface area contributed by atoms with Crippen LogP contribution in [0.15, 0.2) is 16.7 Å². The average Bonchev–Trinajstić information content (AvgIpc) is 2.58. The minimum absolute atomic E-state index is 0.715. The van der Waals surface area contributed by atoms with Gasteiger partial charge in [0.25, 0.3) is 0 Å². The van der Waals surface area contributed by atoms with Crippen LogP contribution in [0, 0.1) is 27.7 Å². The fraction of sp³-hybridized carbons (Fsp3) is 0.385. The fourth-order valence-corrected chi connectivity index (χ4v) is 1.81. The first-order chi connectivity index (χ1) is 8.08. The van der Waals surface area contributed by atoms with Gasteiger partial charge in [-0.05, 0) is 39.8 Å². The minimum atomic E-state index is 0.715. The first-order valence-corrected chi connectivity index (χ1v) is 5.68. The summed E-state index contributed by atoms with van der Waals surface area (Å²) in [5.41, 5.74) is 5.15. The fourth-order valence-electron chi connectivity index (χ4n) is 1.81. The number of rotatable bonds is 3. The van der Waals surface area contributed by atoms with Crippen molar-refractivity contribution >= 4 is 5.69 Å². The van der Waals surface area contributed by atoms with Crippen LogP contribution in [0.4, 0.5) is 5.69 Å². The predicted molar refractivity (Wildman–Crippen MR) is 67.0 cm³/mol. The molecule has 0 saturated carbocycles. The molecule has 0 bridgehead atoms. The summed E-state index contributed by atoms with van der Waals surface area (Å²) in [4.78, 5) is 4.42. The molecule has 0 amide bonds. The number of pyridine rings is 1. The van der Waals surface area contributed by atoms with E-state index in [2.05, 4.69) is 21.5 Å². The van der Waals surface area contributed by atoms with Crippen molar-refractivity contribution in [1.82, 2.24) is 10.1 Å². The van der Waals surface area contributed by atoms with Crippen molar-refractivity contribution in [2.24, 2.45) is 0 Å². The maximum atomic E-state index is 5.13. The van der Waals surface area contributed by atoms with Gasteiger partial charge in [0.2, 0.25) is 0 Å². The molecule has 0 aliphatic heterocycles. The lowest BCUT2D eigenvalue weighted by atomic mass is 10.2. The number of aryl methyl sites for hydroxylation is 4. The highest BCUT2D eigenvalue weighted by Crippen LogP contribution is 2.17. The van der Waals surface area contributed by atoms with Gasteiger partial charge < -0.3 is 9.84 Å². The number of nitrogens with one attached hydrogen (secondary N) is 1. The molecule has 2 aromatic rings. The molecule has 0 aromatic carbocycles. The van der Waals surface area contributed by atoms with E-state index >= 15 is 0 Å². The molecule has 0 atom stereocenters. The lowest BCUT2D eigenvalue weighted by Crippen LogP contribution is -2.04. The summed E-state index contributed by atoms with van der Waals surface area (Å²) in [6, 6.07) is 4.05. The summed E-state index contributed by atoms with van der Waals surface area (Å²) in [5.74, 6) is 0.868. The van der Waals surface area contributed by atoms with Gasteiger partial charge in [-0.1, -0.05) is 5.16 Å². The molecule has 0 unspecified atom stereocenters. The molecule has 0 saturated heterocycles. The van der Waals surface area contributed by atoms with Gasteiger partial charge in [-0.2, -0.15) is 0 Å². The summed E-state index contributed by atoms with van der Waals surface area (Å²) in [7, 11) is 0. The topological polar surface area (TPSA) is 51.0 Å². The Morgan fingerprint density at radius 1 is 1.12 bits per heavy atom. The highest BCUT2D eigenvalue weighted by molar-refractivity contribution is 5.48. The van der Waals surface area contributed by atoms with Crippen molar-refractivity contribution in [1.29, 1.82) is 0 Å². The van der Waals surface area contributed by atoms with Crippen LogP contribution in [-0.2, 0) is 6.54 Å². The standard InChI is InChI=1S/C13H17N3O/c1-8-5-6-13(10(3)15-8)14-7-12-9(2)16-17-11(12)4/h5-6,14H,7H2,1-4H3. The van der Waals surface area contributed by atoms with Crippen molar-refractivity contribution in [2.75, 3.05) is 5.32 Å². The van der Waals surface area contributed by atoms with E-state index in [1.54, 1.807) is 0 Å². The van der Waals surface area contributed by atoms with Crippen LogP contribution in [0.1, 0.15) is 28.4 Å². The Morgan fingerprint density at radius 2 is 1.88 bits per heavy atom. The zero-order valence-electron chi connectivity index (χ0n) is 10.7. The minimum Gasteiger partial charge on any atom is -0.379 e. The summed E-state index contributed by atoms with van der Waals surface area (Å²) < 4.78 is 5.13. The molecule has 2 rings (SSSR count). The first kappa shape index (κ1) is 11.6. The van der Waals surface area contributed by atoms with Gasteiger partial charge in [-0.25, -0.2) is 0 Å². The van der Waals surface area contributed by atoms with Crippen molar-refractivity contribution in [3.63, 3.8) is 0 Å². The molecule has 0 radical (unpaired) electrons. The zero-order valence-corrected chi connectivity index (χ0v) is 10.7. The van der Waals surface area contributed by atoms with Crippen LogP contribution in [0.25, 0.3) is 0 Å². The van der Waals surface area contributed by atoms with Crippen molar-refractivity contribution < 1.29 is 4.52 Å². The molecule has 0 aliphatic rings. The van der Waals surface area contributed by atoms with Crippen LogP contribution < -0.4 is 5.32 Å². The van der Waals surface area contributed by atoms with Gasteiger partial charge >= 0.3 is 0 Å². The number of aromatic nitrogens is 2. The van der Waals surface area contributed by atoms with Gasteiger partial charge in [-0.3, -0.25) is 4.98 Å². The third-order valence-corrected chi connectivity index (χ3v) is 2.86. The molecule has 90 valence electrons. The maximum absolute atomic E-state index is 5.13. The SMILES string of the molecule is Cc1ccc(NCc2c(C)noc2C)c(C)n1. The van der Waals surface area contributed by atoms with Crippen molar-refractivity contribution in [3.8, 4) is 0 Å². The second kappa shape index (κ2) is 4.57. The van der Waals surface area contributed by atoms with Crippen LogP contribution in [0.3, 0.4) is 0 Å². The lowest BCUT2D eigenvalue weighted by Gasteiger charge is -2.09. The molecule has 4 heteroatoms. The Labute approximate surface area is 101 Å². The van der Waals surface area contributed by atoms with Crippen LogP contribution in [0.2, 0.25) is 0 Å². The molecule has 0 fully saturated rings. The molecule has 2 heterocycles. The van der Waals surface area contributed by atoms with Gasteiger partial charge in [0.1, 0.15) is 5.76 Å². The Balaban J connectivity index is 2.13. The number of hydrogen-bond donors (Lipinski definition) is 1. The van der Waals surface area contributed by atoms with E-state index in [0.29, 0.717) is 6.54 Å². The molecule has 0 spiro atoms. The zero-order chi connectivity index (χ0) is 12.4.